The molecular weight excluding hydrogens is 368 g/mol. The van der Waals surface area contributed by atoms with Gasteiger partial charge in [-0.05, 0) is 55.7 Å². The Morgan fingerprint density at radius 2 is 1.86 bits per heavy atom. The molecule has 1 N–H and O–H groups in total. The molecule has 0 radical (unpaired) electrons. The first-order valence-corrected chi connectivity index (χ1v) is 9.87. The van der Waals surface area contributed by atoms with E-state index in [0.717, 1.165) is 37.2 Å². The number of fused-ring (bicyclic) bond motifs is 1. The molecule has 152 valence electrons. The maximum absolute atomic E-state index is 12.5. The van der Waals surface area contributed by atoms with E-state index in [1.54, 1.807) is 19.1 Å². The van der Waals surface area contributed by atoms with Gasteiger partial charge in [0, 0.05) is 31.3 Å². The van der Waals surface area contributed by atoms with Gasteiger partial charge in [0.2, 0.25) is 5.91 Å². The zero-order chi connectivity index (χ0) is 20.8. The van der Waals surface area contributed by atoms with E-state index in [4.69, 9.17) is 4.74 Å². The molecule has 0 aromatic heterocycles. The van der Waals surface area contributed by atoms with Gasteiger partial charge in [0.1, 0.15) is 0 Å². The number of hydrogen-bond donors (Lipinski definition) is 1. The fourth-order valence-electron chi connectivity index (χ4n) is 3.55. The fraction of sp³-hybridized carbons (Fsp3) is 0.348. The number of anilines is 1. The lowest BCUT2D eigenvalue weighted by Gasteiger charge is -2.19. The number of carbonyl (C=O) groups excluding carboxylic acids is 3. The van der Waals surface area contributed by atoms with Crippen molar-refractivity contribution in [2.75, 3.05) is 24.6 Å². The molecule has 1 atom stereocenters. The molecule has 1 aliphatic heterocycles. The largest absolute Gasteiger partial charge is 0.462 e. The summed E-state index contributed by atoms with van der Waals surface area (Å²) in [6.45, 7) is 5.12. The Bertz CT molecular complexity index is 895. The molecule has 0 saturated carbocycles. The molecule has 0 unspecified atom stereocenters. The standard InChI is InChI=1S/C23H26N2O4/c1-16(24-17(2)26)22(27)20-9-10-21-19(15-20)11-13-25(21)12-6-14-29-23(28)18-7-4-3-5-8-18/h3-5,7-10,15-16H,6,11-14H2,1-2H3,(H,24,26)/t16-/m1/s1. The van der Waals surface area contributed by atoms with Crippen LogP contribution in [0.2, 0.25) is 0 Å². The molecule has 2 aromatic carbocycles. The highest BCUT2D eigenvalue weighted by Crippen LogP contribution is 2.29. The Balaban J connectivity index is 1.51. The zero-order valence-corrected chi connectivity index (χ0v) is 16.8. The Labute approximate surface area is 170 Å². The number of esters is 1. The van der Waals surface area contributed by atoms with Crippen molar-refractivity contribution in [2.45, 2.75) is 32.7 Å². The van der Waals surface area contributed by atoms with E-state index in [1.165, 1.54) is 6.92 Å². The van der Waals surface area contributed by atoms with Crippen LogP contribution in [-0.4, -0.2) is 43.4 Å². The number of benzene rings is 2. The van der Waals surface area contributed by atoms with Crippen molar-refractivity contribution in [1.82, 2.24) is 5.32 Å². The van der Waals surface area contributed by atoms with Crippen LogP contribution in [0.3, 0.4) is 0 Å². The summed E-state index contributed by atoms with van der Waals surface area (Å²) >= 11 is 0. The average molecular weight is 394 g/mol. The number of ketones is 1. The summed E-state index contributed by atoms with van der Waals surface area (Å²) in [6.07, 6.45) is 1.60. The second kappa shape index (κ2) is 9.37. The van der Waals surface area contributed by atoms with Crippen molar-refractivity contribution < 1.29 is 19.1 Å². The number of Topliss-reactive ketones (excluding diaryl/α,β-unsaturated/α-hetero) is 1. The van der Waals surface area contributed by atoms with Crippen molar-refractivity contribution in [3.63, 3.8) is 0 Å². The highest BCUT2D eigenvalue weighted by atomic mass is 16.5. The Morgan fingerprint density at radius 3 is 2.59 bits per heavy atom. The van der Waals surface area contributed by atoms with Crippen molar-refractivity contribution in [3.8, 4) is 0 Å². The van der Waals surface area contributed by atoms with Gasteiger partial charge in [-0.1, -0.05) is 18.2 Å². The number of nitrogens with zero attached hydrogens (tertiary/aromatic N) is 1. The van der Waals surface area contributed by atoms with Crippen LogP contribution in [0.15, 0.2) is 48.5 Å². The molecule has 1 amide bonds. The third-order valence-electron chi connectivity index (χ3n) is 4.98. The highest BCUT2D eigenvalue weighted by Gasteiger charge is 2.22. The van der Waals surface area contributed by atoms with E-state index in [1.807, 2.05) is 36.4 Å². The summed E-state index contributed by atoms with van der Waals surface area (Å²) in [5.41, 5.74) is 3.42. The molecule has 0 fully saturated rings. The van der Waals surface area contributed by atoms with Gasteiger partial charge in [-0.25, -0.2) is 4.79 Å². The van der Waals surface area contributed by atoms with Gasteiger partial charge in [0.25, 0.3) is 0 Å². The molecule has 1 aliphatic rings. The first-order valence-electron chi connectivity index (χ1n) is 9.87. The predicted molar refractivity (Wildman–Crippen MR) is 111 cm³/mol. The van der Waals surface area contributed by atoms with Crippen molar-refractivity contribution in [1.29, 1.82) is 0 Å². The predicted octanol–water partition coefficient (Wildman–Crippen LogP) is 3.00. The first kappa shape index (κ1) is 20.6. The number of rotatable bonds is 8. The molecular formula is C23H26N2O4. The molecule has 6 nitrogen and oxygen atoms in total. The summed E-state index contributed by atoms with van der Waals surface area (Å²) in [4.78, 5) is 37.9. The molecule has 0 saturated heterocycles. The molecule has 29 heavy (non-hydrogen) atoms. The molecule has 6 heteroatoms. The van der Waals surface area contributed by atoms with E-state index in [9.17, 15) is 14.4 Å². The zero-order valence-electron chi connectivity index (χ0n) is 16.8. The Morgan fingerprint density at radius 1 is 1.10 bits per heavy atom. The van der Waals surface area contributed by atoms with Crippen LogP contribution >= 0.6 is 0 Å². The van der Waals surface area contributed by atoms with Crippen LogP contribution in [0.4, 0.5) is 5.69 Å². The SMILES string of the molecule is CC(=O)N[C@H](C)C(=O)c1ccc2c(c1)CCN2CCCOC(=O)c1ccccc1. The third kappa shape index (κ3) is 5.22. The number of amides is 1. The quantitative estimate of drug-likeness (QED) is 0.423. The first-order chi connectivity index (χ1) is 14.0. The summed E-state index contributed by atoms with van der Waals surface area (Å²) in [6, 6.07) is 14.1. The molecule has 1 heterocycles. The molecule has 2 aromatic rings. The molecule has 0 spiro atoms. The van der Waals surface area contributed by atoms with E-state index >= 15 is 0 Å². The van der Waals surface area contributed by atoms with Crippen LogP contribution in [-0.2, 0) is 16.0 Å². The maximum atomic E-state index is 12.5. The summed E-state index contributed by atoms with van der Waals surface area (Å²) in [5.74, 6) is -0.607. The fourth-order valence-corrected chi connectivity index (χ4v) is 3.55. The van der Waals surface area contributed by atoms with Crippen LogP contribution in [0, 0.1) is 0 Å². The van der Waals surface area contributed by atoms with Crippen molar-refractivity contribution in [2.24, 2.45) is 0 Å². The van der Waals surface area contributed by atoms with Crippen molar-refractivity contribution >= 4 is 23.3 Å². The average Bonchev–Trinajstić information content (AvgIpc) is 3.12. The van der Waals surface area contributed by atoms with E-state index in [0.29, 0.717) is 17.7 Å². The van der Waals surface area contributed by atoms with Gasteiger partial charge in [-0.3, -0.25) is 9.59 Å². The highest BCUT2D eigenvalue weighted by molar-refractivity contribution is 6.02. The lowest BCUT2D eigenvalue weighted by Crippen LogP contribution is -2.37. The minimum atomic E-state index is -0.539. The minimum absolute atomic E-state index is 0.0886. The van der Waals surface area contributed by atoms with Gasteiger partial charge in [-0.2, -0.15) is 0 Å². The van der Waals surface area contributed by atoms with Gasteiger partial charge in [0.05, 0.1) is 18.2 Å². The van der Waals surface area contributed by atoms with E-state index in [2.05, 4.69) is 10.2 Å². The Hall–Kier alpha value is -3.15. The van der Waals surface area contributed by atoms with E-state index in [-0.39, 0.29) is 17.7 Å². The molecule has 0 aliphatic carbocycles. The van der Waals surface area contributed by atoms with Crippen LogP contribution in [0.5, 0.6) is 0 Å². The number of ether oxygens (including phenoxy) is 1. The van der Waals surface area contributed by atoms with Crippen LogP contribution in [0.1, 0.15) is 46.5 Å². The monoisotopic (exact) mass is 394 g/mol. The van der Waals surface area contributed by atoms with E-state index < -0.39 is 6.04 Å². The second-order valence-electron chi connectivity index (χ2n) is 7.22. The summed E-state index contributed by atoms with van der Waals surface area (Å²) < 4.78 is 5.34. The summed E-state index contributed by atoms with van der Waals surface area (Å²) in [7, 11) is 0. The normalized spacial score (nSPS) is 13.5. The van der Waals surface area contributed by atoms with Crippen LogP contribution in [0.25, 0.3) is 0 Å². The minimum Gasteiger partial charge on any atom is -0.462 e. The summed E-state index contributed by atoms with van der Waals surface area (Å²) in [5, 5.41) is 2.63. The maximum Gasteiger partial charge on any atom is 0.338 e. The lowest BCUT2D eigenvalue weighted by atomic mass is 10.0. The van der Waals surface area contributed by atoms with Crippen LogP contribution < -0.4 is 10.2 Å². The number of carbonyl (C=O) groups is 3. The number of nitrogens with one attached hydrogen (secondary N) is 1. The lowest BCUT2D eigenvalue weighted by molar-refractivity contribution is -0.119. The van der Waals surface area contributed by atoms with Gasteiger partial charge < -0.3 is 15.0 Å². The number of hydrogen-bond acceptors (Lipinski definition) is 5. The smallest absolute Gasteiger partial charge is 0.338 e. The molecule has 0 bridgehead atoms. The van der Waals surface area contributed by atoms with Gasteiger partial charge in [0.15, 0.2) is 5.78 Å². The Kier molecular flexibility index (Phi) is 6.65. The topological polar surface area (TPSA) is 75.7 Å². The third-order valence-corrected chi connectivity index (χ3v) is 4.98. The van der Waals surface area contributed by atoms with Crippen molar-refractivity contribution in [3.05, 3.63) is 65.2 Å². The second-order valence-corrected chi connectivity index (χ2v) is 7.22. The van der Waals surface area contributed by atoms with Gasteiger partial charge >= 0.3 is 5.97 Å². The van der Waals surface area contributed by atoms with Gasteiger partial charge in [-0.15, -0.1) is 0 Å². The molecule has 3 rings (SSSR count).